The van der Waals surface area contributed by atoms with Gasteiger partial charge in [0.25, 0.3) is 0 Å². The van der Waals surface area contributed by atoms with Crippen molar-refractivity contribution in [2.75, 3.05) is 0 Å². The summed E-state index contributed by atoms with van der Waals surface area (Å²) >= 11 is 0. The Kier molecular flexibility index (Phi) is 3.82. The molecule has 1 aromatic carbocycles. The normalized spacial score (nSPS) is 23.0. The van der Waals surface area contributed by atoms with Crippen LogP contribution in [0.2, 0.25) is 0 Å². The summed E-state index contributed by atoms with van der Waals surface area (Å²) in [6, 6.07) is 8.70. The second kappa shape index (κ2) is 5.54. The first-order valence-corrected chi connectivity index (χ1v) is 5.85. The van der Waals surface area contributed by atoms with Gasteiger partial charge < -0.3 is 15.3 Å². The van der Waals surface area contributed by atoms with Crippen molar-refractivity contribution in [3.8, 4) is 0 Å². The summed E-state index contributed by atoms with van der Waals surface area (Å²) in [5, 5.41) is 28.5. The topological polar surface area (TPSA) is 77.8 Å². The SMILES string of the molecule is O=C(C=CC1C(O)=CC(O)=CC1O)c1ccccc1. The van der Waals surface area contributed by atoms with E-state index in [2.05, 4.69) is 0 Å². The Labute approximate surface area is 110 Å². The van der Waals surface area contributed by atoms with Gasteiger partial charge in [-0.15, -0.1) is 0 Å². The van der Waals surface area contributed by atoms with Gasteiger partial charge in [0.2, 0.25) is 0 Å². The van der Waals surface area contributed by atoms with E-state index in [1.165, 1.54) is 18.2 Å². The van der Waals surface area contributed by atoms with Crippen molar-refractivity contribution in [2.24, 2.45) is 5.92 Å². The van der Waals surface area contributed by atoms with E-state index >= 15 is 0 Å². The van der Waals surface area contributed by atoms with Crippen LogP contribution in [0.5, 0.6) is 0 Å². The molecule has 3 N–H and O–H groups in total. The predicted molar refractivity (Wildman–Crippen MR) is 70.8 cm³/mol. The summed E-state index contributed by atoms with van der Waals surface area (Å²) in [7, 11) is 0. The highest BCUT2D eigenvalue weighted by atomic mass is 16.3. The van der Waals surface area contributed by atoms with Gasteiger partial charge in [0.05, 0.1) is 12.0 Å². The van der Waals surface area contributed by atoms with Gasteiger partial charge in [0.1, 0.15) is 11.5 Å². The van der Waals surface area contributed by atoms with Gasteiger partial charge in [-0.25, -0.2) is 0 Å². The van der Waals surface area contributed by atoms with Crippen LogP contribution in [0.25, 0.3) is 0 Å². The molecule has 4 heteroatoms. The molecule has 0 aromatic heterocycles. The van der Waals surface area contributed by atoms with Crippen molar-refractivity contribution in [3.63, 3.8) is 0 Å². The molecule has 0 spiro atoms. The first-order valence-electron chi connectivity index (χ1n) is 5.85. The number of hydrogen-bond acceptors (Lipinski definition) is 4. The Morgan fingerprint density at radius 2 is 1.84 bits per heavy atom. The van der Waals surface area contributed by atoms with E-state index in [1.807, 2.05) is 6.07 Å². The predicted octanol–water partition coefficient (Wildman–Crippen LogP) is 2.30. The lowest BCUT2D eigenvalue weighted by Gasteiger charge is -2.20. The molecule has 2 unspecified atom stereocenters. The summed E-state index contributed by atoms with van der Waals surface area (Å²) < 4.78 is 0. The van der Waals surface area contributed by atoms with Crippen LogP contribution in [-0.4, -0.2) is 27.2 Å². The van der Waals surface area contributed by atoms with Crippen molar-refractivity contribution >= 4 is 5.78 Å². The van der Waals surface area contributed by atoms with Crippen LogP contribution in [0.4, 0.5) is 0 Å². The van der Waals surface area contributed by atoms with Crippen LogP contribution < -0.4 is 0 Å². The fourth-order valence-corrected chi connectivity index (χ4v) is 1.85. The van der Waals surface area contributed by atoms with E-state index in [0.717, 1.165) is 6.08 Å². The van der Waals surface area contributed by atoms with Crippen molar-refractivity contribution in [3.05, 3.63) is 71.7 Å². The van der Waals surface area contributed by atoms with Gasteiger partial charge in [-0.1, -0.05) is 36.4 Å². The van der Waals surface area contributed by atoms with E-state index in [-0.39, 0.29) is 17.3 Å². The lowest BCUT2D eigenvalue weighted by Crippen LogP contribution is -2.22. The summed E-state index contributed by atoms with van der Waals surface area (Å²) in [5.74, 6) is -1.29. The quantitative estimate of drug-likeness (QED) is 0.574. The van der Waals surface area contributed by atoms with Gasteiger partial charge >= 0.3 is 0 Å². The molecule has 0 bridgehead atoms. The van der Waals surface area contributed by atoms with Crippen molar-refractivity contribution in [1.82, 2.24) is 0 Å². The number of ketones is 1. The molecule has 0 amide bonds. The molecule has 4 nitrogen and oxygen atoms in total. The summed E-state index contributed by atoms with van der Waals surface area (Å²) in [6.45, 7) is 0. The number of hydrogen-bond donors (Lipinski definition) is 3. The molecule has 0 heterocycles. The molecular formula is C15H14O4. The summed E-state index contributed by atoms with van der Waals surface area (Å²) in [6.07, 6.45) is 4.04. The zero-order valence-corrected chi connectivity index (χ0v) is 10.1. The molecule has 2 atom stereocenters. The van der Waals surface area contributed by atoms with Gasteiger partial charge in [-0.05, 0) is 12.2 Å². The Balaban J connectivity index is 2.12. The van der Waals surface area contributed by atoms with Crippen LogP contribution >= 0.6 is 0 Å². The molecule has 19 heavy (non-hydrogen) atoms. The monoisotopic (exact) mass is 258 g/mol. The molecule has 0 radical (unpaired) electrons. The molecule has 0 fully saturated rings. The summed E-state index contributed by atoms with van der Waals surface area (Å²) in [4.78, 5) is 11.8. The minimum atomic E-state index is -1.05. The molecule has 0 aliphatic heterocycles. The third-order valence-electron chi connectivity index (χ3n) is 2.86. The number of aliphatic hydroxyl groups is 3. The van der Waals surface area contributed by atoms with Crippen molar-refractivity contribution in [1.29, 1.82) is 0 Å². The molecule has 1 aromatic rings. The second-order valence-corrected chi connectivity index (χ2v) is 4.27. The van der Waals surface area contributed by atoms with Crippen LogP contribution in [0.1, 0.15) is 10.4 Å². The Morgan fingerprint density at radius 3 is 2.47 bits per heavy atom. The fourth-order valence-electron chi connectivity index (χ4n) is 1.85. The highest BCUT2D eigenvalue weighted by Gasteiger charge is 2.23. The zero-order chi connectivity index (χ0) is 13.8. The Morgan fingerprint density at radius 1 is 1.16 bits per heavy atom. The molecule has 2 rings (SSSR count). The minimum Gasteiger partial charge on any atom is -0.511 e. The van der Waals surface area contributed by atoms with Gasteiger partial charge in [0, 0.05) is 11.6 Å². The highest BCUT2D eigenvalue weighted by molar-refractivity contribution is 6.04. The number of benzene rings is 1. The minimum absolute atomic E-state index is 0.176. The van der Waals surface area contributed by atoms with Crippen molar-refractivity contribution in [2.45, 2.75) is 6.10 Å². The second-order valence-electron chi connectivity index (χ2n) is 4.27. The molecule has 0 saturated heterocycles. The number of carbonyl (C=O) groups excluding carboxylic acids is 1. The van der Waals surface area contributed by atoms with Crippen LogP contribution in [0, 0.1) is 5.92 Å². The van der Waals surface area contributed by atoms with E-state index in [9.17, 15) is 20.1 Å². The van der Waals surface area contributed by atoms with E-state index in [1.54, 1.807) is 24.3 Å². The first-order chi connectivity index (χ1) is 9.08. The fraction of sp³-hybridized carbons (Fsp3) is 0.133. The first kappa shape index (κ1) is 13.1. The lowest BCUT2D eigenvalue weighted by atomic mass is 9.93. The van der Waals surface area contributed by atoms with Crippen LogP contribution in [-0.2, 0) is 0 Å². The Bertz CT molecular complexity index is 555. The van der Waals surface area contributed by atoms with E-state index in [0.29, 0.717) is 5.56 Å². The number of rotatable bonds is 3. The Hall–Kier alpha value is -2.33. The van der Waals surface area contributed by atoms with Crippen molar-refractivity contribution < 1.29 is 20.1 Å². The number of carbonyl (C=O) groups is 1. The molecule has 1 aliphatic rings. The average Bonchev–Trinajstić information content (AvgIpc) is 2.38. The molecule has 98 valence electrons. The van der Waals surface area contributed by atoms with E-state index in [4.69, 9.17) is 0 Å². The highest BCUT2D eigenvalue weighted by Crippen LogP contribution is 2.23. The van der Waals surface area contributed by atoms with Gasteiger partial charge in [-0.2, -0.15) is 0 Å². The largest absolute Gasteiger partial charge is 0.511 e. The molecule has 1 aliphatic carbocycles. The van der Waals surface area contributed by atoms with Gasteiger partial charge in [0.15, 0.2) is 5.78 Å². The van der Waals surface area contributed by atoms with Crippen LogP contribution in [0.3, 0.4) is 0 Å². The standard InChI is InChI=1S/C15H14O4/c16-11-8-14(18)12(15(19)9-11)6-7-13(17)10-4-2-1-3-5-10/h1-9,12,14,16,18-19H. The number of aliphatic hydroxyl groups excluding tert-OH is 3. The summed E-state index contributed by atoms with van der Waals surface area (Å²) in [5.41, 5.74) is 0.533. The third kappa shape index (κ3) is 3.11. The smallest absolute Gasteiger partial charge is 0.185 e. The molecule has 0 saturated carbocycles. The third-order valence-corrected chi connectivity index (χ3v) is 2.86. The number of allylic oxidation sites excluding steroid dienone is 2. The molecular weight excluding hydrogens is 244 g/mol. The maximum atomic E-state index is 11.8. The maximum absolute atomic E-state index is 11.8. The van der Waals surface area contributed by atoms with E-state index < -0.39 is 12.0 Å². The van der Waals surface area contributed by atoms with Crippen LogP contribution in [0.15, 0.2) is 66.2 Å². The average molecular weight is 258 g/mol. The zero-order valence-electron chi connectivity index (χ0n) is 10.1. The maximum Gasteiger partial charge on any atom is 0.185 e. The lowest BCUT2D eigenvalue weighted by molar-refractivity contribution is 0.104. The van der Waals surface area contributed by atoms with Gasteiger partial charge in [-0.3, -0.25) is 4.79 Å².